The van der Waals surface area contributed by atoms with Crippen molar-refractivity contribution in [2.24, 2.45) is 11.7 Å². The molecule has 1 saturated carbocycles. The molecular formula is C15H31NO3. The molecule has 19 heavy (non-hydrogen) atoms. The van der Waals surface area contributed by atoms with E-state index in [1.807, 2.05) is 0 Å². The number of hydrogen-bond donors (Lipinski definition) is 1. The van der Waals surface area contributed by atoms with Crippen molar-refractivity contribution in [3.8, 4) is 0 Å². The SMILES string of the molecule is CCCCOCCOCCOCCCC(N)C1CC1. The van der Waals surface area contributed by atoms with Gasteiger partial charge < -0.3 is 19.9 Å². The maximum absolute atomic E-state index is 6.02. The largest absolute Gasteiger partial charge is 0.379 e. The Balaban J connectivity index is 1.67. The Labute approximate surface area is 118 Å². The molecule has 0 bridgehead atoms. The number of unbranched alkanes of at least 4 members (excludes halogenated alkanes) is 1. The van der Waals surface area contributed by atoms with Crippen molar-refractivity contribution < 1.29 is 14.2 Å². The Hall–Kier alpha value is -0.160. The molecule has 0 heterocycles. The normalized spacial score (nSPS) is 16.7. The van der Waals surface area contributed by atoms with Crippen molar-refractivity contribution in [2.45, 2.75) is 51.5 Å². The summed E-state index contributed by atoms with van der Waals surface area (Å²) in [7, 11) is 0. The van der Waals surface area contributed by atoms with Crippen LogP contribution >= 0.6 is 0 Å². The predicted molar refractivity (Wildman–Crippen MR) is 77.3 cm³/mol. The smallest absolute Gasteiger partial charge is 0.0701 e. The van der Waals surface area contributed by atoms with Gasteiger partial charge in [-0.15, -0.1) is 0 Å². The molecule has 2 N–H and O–H groups in total. The van der Waals surface area contributed by atoms with Crippen molar-refractivity contribution >= 4 is 0 Å². The molecule has 1 fully saturated rings. The first kappa shape index (κ1) is 16.9. The van der Waals surface area contributed by atoms with Crippen LogP contribution in [0.3, 0.4) is 0 Å². The van der Waals surface area contributed by atoms with Crippen molar-refractivity contribution in [1.82, 2.24) is 0 Å². The standard InChI is InChI=1S/C15H31NO3/c1-2-3-8-17-10-12-19-13-11-18-9-4-5-15(16)14-6-7-14/h14-15H,2-13,16H2,1H3. The predicted octanol–water partition coefficient (Wildman–Crippen LogP) is 2.35. The maximum Gasteiger partial charge on any atom is 0.0701 e. The van der Waals surface area contributed by atoms with Crippen LogP contribution in [-0.4, -0.2) is 45.7 Å². The number of rotatable bonds is 14. The van der Waals surface area contributed by atoms with Gasteiger partial charge in [0.15, 0.2) is 0 Å². The molecule has 0 aliphatic heterocycles. The van der Waals surface area contributed by atoms with Crippen molar-refractivity contribution in [3.05, 3.63) is 0 Å². The topological polar surface area (TPSA) is 53.7 Å². The van der Waals surface area contributed by atoms with Gasteiger partial charge in [-0.3, -0.25) is 0 Å². The fourth-order valence-corrected chi connectivity index (χ4v) is 1.97. The minimum Gasteiger partial charge on any atom is -0.379 e. The van der Waals surface area contributed by atoms with Gasteiger partial charge in [0, 0.05) is 19.3 Å². The molecule has 0 aromatic carbocycles. The first-order valence-electron chi connectivity index (χ1n) is 7.83. The van der Waals surface area contributed by atoms with Crippen molar-refractivity contribution in [3.63, 3.8) is 0 Å². The third kappa shape index (κ3) is 10.3. The minimum absolute atomic E-state index is 0.403. The van der Waals surface area contributed by atoms with E-state index in [2.05, 4.69) is 6.92 Å². The highest BCUT2D eigenvalue weighted by atomic mass is 16.5. The number of nitrogens with two attached hydrogens (primary N) is 1. The van der Waals surface area contributed by atoms with E-state index in [0.29, 0.717) is 32.5 Å². The Morgan fingerprint density at radius 2 is 1.42 bits per heavy atom. The van der Waals surface area contributed by atoms with Gasteiger partial charge in [0.1, 0.15) is 0 Å². The van der Waals surface area contributed by atoms with Gasteiger partial charge >= 0.3 is 0 Å². The summed E-state index contributed by atoms with van der Waals surface area (Å²) in [6.45, 7) is 6.50. The van der Waals surface area contributed by atoms with Crippen LogP contribution in [0.25, 0.3) is 0 Å². The highest BCUT2D eigenvalue weighted by Crippen LogP contribution is 2.33. The summed E-state index contributed by atoms with van der Waals surface area (Å²) in [5.41, 5.74) is 6.02. The number of ether oxygens (including phenoxy) is 3. The van der Waals surface area contributed by atoms with Gasteiger partial charge in [-0.2, -0.15) is 0 Å². The monoisotopic (exact) mass is 273 g/mol. The highest BCUT2D eigenvalue weighted by Gasteiger charge is 2.27. The first-order chi connectivity index (χ1) is 9.34. The molecule has 114 valence electrons. The van der Waals surface area contributed by atoms with Gasteiger partial charge in [0.05, 0.1) is 26.4 Å². The zero-order valence-electron chi connectivity index (χ0n) is 12.4. The van der Waals surface area contributed by atoms with Crippen LogP contribution in [-0.2, 0) is 14.2 Å². The molecule has 1 rings (SSSR count). The van der Waals surface area contributed by atoms with E-state index in [1.165, 1.54) is 19.3 Å². The Morgan fingerprint density at radius 3 is 1.95 bits per heavy atom. The van der Waals surface area contributed by atoms with Gasteiger partial charge in [-0.1, -0.05) is 13.3 Å². The summed E-state index contributed by atoms with van der Waals surface area (Å²) in [5.74, 6) is 0.802. The van der Waals surface area contributed by atoms with E-state index in [-0.39, 0.29) is 0 Å². The molecule has 0 aromatic rings. The average molecular weight is 273 g/mol. The molecule has 1 aliphatic carbocycles. The van der Waals surface area contributed by atoms with Gasteiger partial charge in [0.25, 0.3) is 0 Å². The molecule has 4 heteroatoms. The van der Waals surface area contributed by atoms with E-state index in [0.717, 1.165) is 38.4 Å². The van der Waals surface area contributed by atoms with Crippen LogP contribution in [0.1, 0.15) is 45.4 Å². The molecule has 0 amide bonds. The quantitative estimate of drug-likeness (QED) is 0.494. The summed E-state index contributed by atoms with van der Waals surface area (Å²) in [5, 5.41) is 0. The Bertz CT molecular complexity index is 198. The van der Waals surface area contributed by atoms with Gasteiger partial charge in [-0.05, 0) is 38.0 Å². The lowest BCUT2D eigenvalue weighted by Crippen LogP contribution is -2.22. The Kier molecular flexibility index (Phi) is 10.4. The van der Waals surface area contributed by atoms with Crippen LogP contribution in [0.4, 0.5) is 0 Å². The van der Waals surface area contributed by atoms with Gasteiger partial charge in [-0.25, -0.2) is 0 Å². The van der Waals surface area contributed by atoms with E-state index in [9.17, 15) is 0 Å². The zero-order chi connectivity index (χ0) is 13.8. The Morgan fingerprint density at radius 1 is 0.895 bits per heavy atom. The highest BCUT2D eigenvalue weighted by molar-refractivity contribution is 4.83. The molecular weight excluding hydrogens is 242 g/mol. The maximum atomic E-state index is 6.02. The second-order valence-corrected chi connectivity index (χ2v) is 5.33. The minimum atomic E-state index is 0.403. The van der Waals surface area contributed by atoms with Crippen LogP contribution in [0.15, 0.2) is 0 Å². The summed E-state index contributed by atoms with van der Waals surface area (Å²) in [4.78, 5) is 0. The lowest BCUT2D eigenvalue weighted by molar-refractivity contribution is 0.0132. The molecule has 1 aliphatic rings. The van der Waals surface area contributed by atoms with E-state index in [1.54, 1.807) is 0 Å². The van der Waals surface area contributed by atoms with Gasteiger partial charge in [0.2, 0.25) is 0 Å². The molecule has 0 saturated heterocycles. The van der Waals surface area contributed by atoms with E-state index >= 15 is 0 Å². The summed E-state index contributed by atoms with van der Waals surface area (Å²) in [6.07, 6.45) is 7.13. The molecule has 4 nitrogen and oxygen atoms in total. The van der Waals surface area contributed by atoms with Crippen LogP contribution in [0.2, 0.25) is 0 Å². The van der Waals surface area contributed by atoms with E-state index < -0.39 is 0 Å². The van der Waals surface area contributed by atoms with Crippen LogP contribution in [0, 0.1) is 5.92 Å². The van der Waals surface area contributed by atoms with E-state index in [4.69, 9.17) is 19.9 Å². The second kappa shape index (κ2) is 11.6. The van der Waals surface area contributed by atoms with Crippen LogP contribution in [0.5, 0.6) is 0 Å². The second-order valence-electron chi connectivity index (χ2n) is 5.33. The molecule has 0 spiro atoms. The molecule has 1 atom stereocenters. The lowest BCUT2D eigenvalue weighted by Gasteiger charge is -2.10. The summed E-state index contributed by atoms with van der Waals surface area (Å²) < 4.78 is 16.3. The van der Waals surface area contributed by atoms with Crippen molar-refractivity contribution in [2.75, 3.05) is 39.6 Å². The molecule has 1 unspecified atom stereocenters. The average Bonchev–Trinajstić information content (AvgIpc) is 3.24. The third-order valence-electron chi connectivity index (χ3n) is 3.44. The molecule has 0 aromatic heterocycles. The molecule has 0 radical (unpaired) electrons. The fraction of sp³-hybridized carbons (Fsp3) is 1.00. The van der Waals surface area contributed by atoms with Crippen LogP contribution < -0.4 is 5.73 Å². The number of hydrogen-bond acceptors (Lipinski definition) is 4. The third-order valence-corrected chi connectivity index (χ3v) is 3.44. The summed E-state index contributed by atoms with van der Waals surface area (Å²) >= 11 is 0. The lowest BCUT2D eigenvalue weighted by atomic mass is 10.1. The summed E-state index contributed by atoms with van der Waals surface area (Å²) in [6, 6.07) is 0.403. The van der Waals surface area contributed by atoms with Crippen molar-refractivity contribution in [1.29, 1.82) is 0 Å². The fourth-order valence-electron chi connectivity index (χ4n) is 1.97. The zero-order valence-corrected chi connectivity index (χ0v) is 12.4. The first-order valence-corrected chi connectivity index (χ1v) is 7.83.